The lowest BCUT2D eigenvalue weighted by Crippen LogP contribution is -2.36. The van der Waals surface area contributed by atoms with Crippen LogP contribution in [0.5, 0.6) is 0 Å². The summed E-state index contributed by atoms with van der Waals surface area (Å²) in [7, 11) is 1.34. The van der Waals surface area contributed by atoms with E-state index in [2.05, 4.69) is 4.74 Å². The second kappa shape index (κ2) is 13.4. The Kier molecular flexibility index (Phi) is 10.0. The van der Waals surface area contributed by atoms with E-state index in [0.717, 1.165) is 48.1 Å². The molecule has 0 radical (unpaired) electrons. The van der Waals surface area contributed by atoms with Gasteiger partial charge in [-0.15, -0.1) is 0 Å². The first-order chi connectivity index (χ1) is 17.4. The fraction of sp³-hybridized carbons (Fsp3) is 0.367. The van der Waals surface area contributed by atoms with Crippen LogP contribution in [0, 0.1) is 5.92 Å². The molecule has 0 aromatic heterocycles. The first-order valence-corrected chi connectivity index (χ1v) is 12.5. The number of methoxy groups -OCH3 is 1. The molecule has 2 aromatic carbocycles. The number of carbonyl (C=O) groups excluding carboxylic acids is 3. The molecule has 0 aliphatic heterocycles. The largest absolute Gasteiger partial charge is 0.466 e. The normalized spacial score (nSPS) is 14.3. The average Bonchev–Trinajstić information content (AvgIpc) is 2.89. The molecule has 0 spiro atoms. The Labute approximate surface area is 213 Å². The van der Waals surface area contributed by atoms with E-state index in [9.17, 15) is 14.4 Å². The SMILES string of the molecule is COC(=O)/C=C/c1cccc(N(Cc2ccc(/C=C/C(=O)OC(C)C)cc2)C(=O)C2CCCCC2)c1. The van der Waals surface area contributed by atoms with E-state index in [4.69, 9.17) is 4.74 Å². The van der Waals surface area contributed by atoms with Gasteiger partial charge in [0.1, 0.15) is 0 Å². The summed E-state index contributed by atoms with van der Waals surface area (Å²) in [6, 6.07) is 15.4. The zero-order valence-corrected chi connectivity index (χ0v) is 21.3. The van der Waals surface area contributed by atoms with Crippen molar-refractivity contribution in [1.82, 2.24) is 0 Å². The third-order valence-corrected chi connectivity index (χ3v) is 6.10. The minimum atomic E-state index is -0.429. The number of nitrogens with zero attached hydrogens (tertiary/aromatic N) is 1. The van der Waals surface area contributed by atoms with Gasteiger partial charge in [0, 0.05) is 23.8 Å². The summed E-state index contributed by atoms with van der Waals surface area (Å²) in [6.45, 7) is 4.05. The van der Waals surface area contributed by atoms with Crippen LogP contribution in [0.25, 0.3) is 12.2 Å². The van der Waals surface area contributed by atoms with Crippen molar-refractivity contribution < 1.29 is 23.9 Å². The fourth-order valence-corrected chi connectivity index (χ4v) is 4.25. The van der Waals surface area contributed by atoms with Crippen molar-refractivity contribution in [3.8, 4) is 0 Å². The molecule has 6 heteroatoms. The molecule has 1 aliphatic rings. The number of ether oxygens (including phenoxy) is 2. The molecule has 0 atom stereocenters. The van der Waals surface area contributed by atoms with Crippen LogP contribution in [0.15, 0.2) is 60.7 Å². The van der Waals surface area contributed by atoms with E-state index < -0.39 is 5.97 Å². The van der Waals surface area contributed by atoms with Crippen molar-refractivity contribution in [3.63, 3.8) is 0 Å². The number of hydrogen-bond acceptors (Lipinski definition) is 5. The fourth-order valence-electron chi connectivity index (χ4n) is 4.25. The Balaban J connectivity index is 1.81. The molecule has 190 valence electrons. The standard InChI is InChI=1S/C30H35NO5/c1-22(2)36-29(33)19-16-23-12-14-25(15-13-23)21-31(30(34)26-9-5-4-6-10-26)27-11-7-8-24(20-27)17-18-28(32)35-3/h7-8,11-20,22,26H,4-6,9-10,21H2,1-3H3/b18-17+,19-16+. The van der Waals surface area contributed by atoms with Gasteiger partial charge in [0.15, 0.2) is 0 Å². The summed E-state index contributed by atoms with van der Waals surface area (Å²) in [5, 5.41) is 0. The highest BCUT2D eigenvalue weighted by Crippen LogP contribution is 2.29. The molecule has 1 fully saturated rings. The second-order valence-electron chi connectivity index (χ2n) is 9.27. The second-order valence-corrected chi connectivity index (χ2v) is 9.27. The lowest BCUT2D eigenvalue weighted by Gasteiger charge is -2.30. The van der Waals surface area contributed by atoms with Gasteiger partial charge >= 0.3 is 11.9 Å². The van der Waals surface area contributed by atoms with Gasteiger partial charge in [-0.1, -0.05) is 55.7 Å². The molecule has 2 aromatic rings. The van der Waals surface area contributed by atoms with Crippen LogP contribution >= 0.6 is 0 Å². The molecule has 3 rings (SSSR count). The Morgan fingerprint density at radius 2 is 1.58 bits per heavy atom. The molecule has 36 heavy (non-hydrogen) atoms. The van der Waals surface area contributed by atoms with Crippen LogP contribution in [0.1, 0.15) is 62.6 Å². The number of rotatable bonds is 9. The van der Waals surface area contributed by atoms with Gasteiger partial charge in [-0.25, -0.2) is 9.59 Å². The molecule has 0 saturated heterocycles. The summed E-state index contributed by atoms with van der Waals surface area (Å²) >= 11 is 0. The van der Waals surface area contributed by atoms with Gasteiger partial charge in [-0.3, -0.25) is 4.79 Å². The molecule has 0 heterocycles. The van der Waals surface area contributed by atoms with Gasteiger partial charge < -0.3 is 14.4 Å². The summed E-state index contributed by atoms with van der Waals surface area (Å²) in [4.78, 5) is 38.8. The maximum atomic E-state index is 13.6. The lowest BCUT2D eigenvalue weighted by atomic mass is 9.88. The van der Waals surface area contributed by atoms with Crippen LogP contribution in [0.4, 0.5) is 5.69 Å². The number of anilines is 1. The minimum Gasteiger partial charge on any atom is -0.466 e. The molecular formula is C30H35NO5. The molecule has 0 bridgehead atoms. The Bertz CT molecular complexity index is 1090. The third kappa shape index (κ3) is 8.22. The smallest absolute Gasteiger partial charge is 0.331 e. The van der Waals surface area contributed by atoms with E-state index in [0.29, 0.717) is 6.54 Å². The summed E-state index contributed by atoms with van der Waals surface area (Å²) < 4.78 is 9.81. The topological polar surface area (TPSA) is 72.9 Å². The Hall–Kier alpha value is -3.67. The molecular weight excluding hydrogens is 454 g/mol. The summed E-state index contributed by atoms with van der Waals surface area (Å²) in [5.41, 5.74) is 3.46. The third-order valence-electron chi connectivity index (χ3n) is 6.10. The first-order valence-electron chi connectivity index (χ1n) is 12.5. The zero-order valence-electron chi connectivity index (χ0n) is 21.3. The van der Waals surface area contributed by atoms with Gasteiger partial charge in [-0.2, -0.15) is 0 Å². The van der Waals surface area contributed by atoms with Gasteiger partial charge in [0.05, 0.1) is 19.8 Å². The van der Waals surface area contributed by atoms with Gasteiger partial charge in [0.25, 0.3) is 0 Å². The maximum Gasteiger partial charge on any atom is 0.331 e. The number of carbonyl (C=O) groups is 3. The highest BCUT2D eigenvalue weighted by molar-refractivity contribution is 5.95. The maximum absolute atomic E-state index is 13.6. The minimum absolute atomic E-state index is 0.0159. The van der Waals surface area contributed by atoms with E-state index in [1.54, 1.807) is 12.2 Å². The lowest BCUT2D eigenvalue weighted by molar-refractivity contribution is -0.141. The molecule has 1 aliphatic carbocycles. The predicted molar refractivity (Wildman–Crippen MR) is 142 cm³/mol. The van der Waals surface area contributed by atoms with E-state index >= 15 is 0 Å². The van der Waals surface area contributed by atoms with Crippen molar-refractivity contribution >= 4 is 35.7 Å². The van der Waals surface area contributed by atoms with Crippen LogP contribution in [0.2, 0.25) is 0 Å². The molecule has 1 amide bonds. The Morgan fingerprint density at radius 3 is 2.25 bits per heavy atom. The molecule has 0 N–H and O–H groups in total. The van der Waals surface area contributed by atoms with E-state index in [-0.39, 0.29) is 23.9 Å². The van der Waals surface area contributed by atoms with Crippen LogP contribution in [-0.2, 0) is 30.4 Å². The van der Waals surface area contributed by atoms with Crippen LogP contribution in [0.3, 0.4) is 0 Å². The zero-order chi connectivity index (χ0) is 25.9. The number of benzene rings is 2. The highest BCUT2D eigenvalue weighted by Gasteiger charge is 2.27. The highest BCUT2D eigenvalue weighted by atomic mass is 16.5. The van der Waals surface area contributed by atoms with Gasteiger partial charge in [-0.05, 0) is 67.7 Å². The first kappa shape index (κ1) is 26.9. The van der Waals surface area contributed by atoms with E-state index in [1.165, 1.54) is 25.7 Å². The van der Waals surface area contributed by atoms with Crippen LogP contribution in [-0.4, -0.2) is 31.1 Å². The van der Waals surface area contributed by atoms with Crippen LogP contribution < -0.4 is 4.90 Å². The number of hydrogen-bond donors (Lipinski definition) is 0. The quantitative estimate of drug-likeness (QED) is 0.321. The molecule has 1 saturated carbocycles. The summed E-state index contributed by atoms with van der Waals surface area (Å²) in [6.07, 6.45) is 11.2. The summed E-state index contributed by atoms with van der Waals surface area (Å²) in [5.74, 6) is -0.659. The van der Waals surface area contributed by atoms with Crippen molar-refractivity contribution in [2.45, 2.75) is 58.6 Å². The number of esters is 2. The van der Waals surface area contributed by atoms with Crippen molar-refractivity contribution in [1.29, 1.82) is 0 Å². The average molecular weight is 490 g/mol. The number of amides is 1. The predicted octanol–water partition coefficient (Wildman–Crippen LogP) is 5.95. The monoisotopic (exact) mass is 489 g/mol. The van der Waals surface area contributed by atoms with Crippen molar-refractivity contribution in [2.24, 2.45) is 5.92 Å². The van der Waals surface area contributed by atoms with E-state index in [1.807, 2.05) is 67.3 Å². The van der Waals surface area contributed by atoms with Crippen molar-refractivity contribution in [3.05, 3.63) is 77.4 Å². The van der Waals surface area contributed by atoms with Crippen molar-refractivity contribution in [2.75, 3.05) is 12.0 Å². The molecule has 0 unspecified atom stereocenters. The van der Waals surface area contributed by atoms with Gasteiger partial charge in [0.2, 0.25) is 5.91 Å². The molecule has 6 nitrogen and oxygen atoms in total. The Morgan fingerprint density at radius 1 is 0.917 bits per heavy atom.